The molecule has 0 aliphatic heterocycles. The number of fused-ring (bicyclic) bond motifs is 6. The summed E-state index contributed by atoms with van der Waals surface area (Å²) in [7, 11) is 0. The van der Waals surface area contributed by atoms with E-state index in [9.17, 15) is 81.9 Å². The topological polar surface area (TPSA) is 400 Å². The standard InChI is InChI=1S/C30H29ClF2N2O3.C30H29ClN6O4.C22H17ClF2N2O3.C22H17ClN6O3/c1-19(36)29-11-14-30(15-12-29,16-13-29)34-28(37)22(17-20-5-3-2-4-6-20)25-10-7-21(18-35(25)38)26-24(32)9-8-23(31)27(26)33;31-22-7-9-25(36-19-32-34-35-36)23(17-22)21-6-8-26(37(41)18-21)24(16-20-4-2-1-3-5-20)27(38)33-30-13-10-29(11-14-30,12-15-30)28(39)40;1-13(28)14-2-6-17(7-3-14)26-21(29)11-18-8-4-15(12-27(18)30)20-10-16(23)5-9-19(20)22(24)25;1-14(30)15-2-6-18(7-3-15)25-22(31)11-19-8-4-16(12-29(19)32)20-10-17(23)5-9-21(20)28-13-24-26-27-28/h2-10,18,22H,11-17H2,1H3,(H,34,37);1-9,17-19,24H,10-16H2,(H,33,38)(H,39,40);2-10,12,22H,11H2,1H3,(H,26,29);2-10,12-13H,11H2,1H3,(H,25,31). The van der Waals surface area contributed by atoms with Crippen LogP contribution in [0.5, 0.6) is 0 Å². The number of carboxylic acids is 1. The average Bonchev–Trinajstić information content (AvgIpc) is 0.943. The number of aromatic nitrogens is 12. The van der Waals surface area contributed by atoms with Gasteiger partial charge in [-0.3, -0.25) is 38.4 Å². The SMILES string of the molecule is CC(=O)C12CCC(NC(=O)C(Cc3ccccc3)c3ccc(-c4c(F)ccc(Cl)c4F)c[n+]3[O-])(CC1)CC2.CC(=O)c1ccc(NC(=O)Cc2ccc(-c3cc(Cl)ccc3-n3cnnn3)c[n+]2[O-])cc1.CC(=O)c1ccc(NC(=O)Cc2ccc(-c3cc(Cl)ccc3C(F)F)c[n+]2[O-])cc1.O=C(NC12CCC(C(=O)O)(CC1)CC2)C(Cc1ccccc1)c1ccc(-c2cc(Cl)ccc2-n2cnnn2)c[n+]1[O-]. The van der Waals surface area contributed by atoms with Crippen LogP contribution in [0.3, 0.4) is 0 Å². The summed E-state index contributed by atoms with van der Waals surface area (Å²) in [6.07, 6.45) is 13.4. The van der Waals surface area contributed by atoms with Crippen LogP contribution in [0, 0.1) is 43.3 Å². The molecule has 14 aromatic rings. The third-order valence-corrected chi connectivity index (χ3v) is 27.7. The van der Waals surface area contributed by atoms with Crippen LogP contribution in [-0.4, -0.2) is 104 Å². The maximum absolute atomic E-state index is 14.6. The minimum atomic E-state index is -2.72. The quantitative estimate of drug-likeness (QED) is 0.0105. The molecule has 722 valence electrons. The Hall–Kier alpha value is -15.1. The fourth-order valence-electron chi connectivity index (χ4n) is 18.6. The summed E-state index contributed by atoms with van der Waals surface area (Å²) in [6.45, 7) is 4.57. The molecule has 141 heavy (non-hydrogen) atoms. The van der Waals surface area contributed by atoms with E-state index in [4.69, 9.17) is 46.4 Å². The molecule has 0 radical (unpaired) electrons. The molecule has 6 saturated carbocycles. The zero-order chi connectivity index (χ0) is 100. The zero-order valence-electron chi connectivity index (χ0n) is 76.1. The van der Waals surface area contributed by atoms with Crippen LogP contribution in [0.25, 0.3) is 55.9 Å². The Morgan fingerprint density at radius 1 is 0.440 bits per heavy atom. The molecule has 6 fully saturated rings. The van der Waals surface area contributed by atoms with E-state index in [1.165, 1.54) is 90.7 Å². The molecule has 0 saturated heterocycles. The summed E-state index contributed by atoms with van der Waals surface area (Å²) in [5, 5.41) is 97.0. The molecule has 29 nitrogen and oxygen atoms in total. The highest BCUT2D eigenvalue weighted by Crippen LogP contribution is 2.55. The fraction of sp³-hybridized carbons (Fsp3) is 0.250. The summed E-state index contributed by atoms with van der Waals surface area (Å²) in [4.78, 5) is 99.2. The van der Waals surface area contributed by atoms with Gasteiger partial charge in [-0.25, -0.2) is 17.6 Å². The molecule has 20 rings (SSSR count). The van der Waals surface area contributed by atoms with Crippen molar-refractivity contribution in [2.45, 2.75) is 153 Å². The van der Waals surface area contributed by atoms with Crippen LogP contribution in [0.1, 0.15) is 176 Å². The van der Waals surface area contributed by atoms with E-state index in [-0.39, 0.29) is 109 Å². The first-order valence-electron chi connectivity index (χ1n) is 45.0. The lowest BCUT2D eigenvalue weighted by atomic mass is 9.56. The molecule has 4 amide bonds. The molecular weight excluding hydrogens is 1900 g/mol. The number of nitrogens with zero attached hydrogens (tertiary/aromatic N) is 12. The van der Waals surface area contributed by atoms with Gasteiger partial charge in [0, 0.05) is 112 Å². The predicted molar refractivity (Wildman–Crippen MR) is 517 cm³/mol. The van der Waals surface area contributed by atoms with Crippen LogP contribution in [0.2, 0.25) is 20.1 Å². The molecule has 2 unspecified atom stereocenters. The number of hydrogen-bond donors (Lipinski definition) is 5. The van der Waals surface area contributed by atoms with Gasteiger partial charge >= 0.3 is 5.97 Å². The molecule has 2 atom stereocenters. The Balaban J connectivity index is 0.000000143. The van der Waals surface area contributed by atoms with E-state index in [1.54, 1.807) is 116 Å². The Bertz CT molecular complexity index is 6990. The maximum atomic E-state index is 14.6. The van der Waals surface area contributed by atoms with Crippen molar-refractivity contribution in [1.82, 2.24) is 51.0 Å². The number of amides is 4. The van der Waals surface area contributed by atoms with E-state index in [2.05, 4.69) is 52.3 Å². The van der Waals surface area contributed by atoms with Crippen molar-refractivity contribution in [3.05, 3.63) is 365 Å². The number of halogens is 8. The number of rotatable bonds is 27. The second-order valence-corrected chi connectivity index (χ2v) is 37.3. The minimum Gasteiger partial charge on any atom is -0.618 e. The van der Waals surface area contributed by atoms with E-state index < -0.39 is 63.8 Å². The van der Waals surface area contributed by atoms with Crippen LogP contribution in [-0.2, 0) is 54.5 Å². The number of anilines is 2. The van der Waals surface area contributed by atoms with E-state index in [0.717, 1.165) is 78.9 Å². The summed E-state index contributed by atoms with van der Waals surface area (Å²) < 4.78 is 61.0. The highest BCUT2D eigenvalue weighted by atomic mass is 35.5. The lowest BCUT2D eigenvalue weighted by Crippen LogP contribution is -2.59. The Labute approximate surface area is 825 Å². The second kappa shape index (κ2) is 43.5. The lowest BCUT2D eigenvalue weighted by Gasteiger charge is -2.52. The first-order valence-corrected chi connectivity index (χ1v) is 46.5. The number of carboxylic acid groups (broad SMARTS) is 1. The Kier molecular flexibility index (Phi) is 31.0. The largest absolute Gasteiger partial charge is 0.618 e. The molecular formula is C104H92Cl4F4N16O13. The third kappa shape index (κ3) is 23.6. The van der Waals surface area contributed by atoms with E-state index in [1.807, 2.05) is 60.7 Å². The van der Waals surface area contributed by atoms with Crippen molar-refractivity contribution in [1.29, 1.82) is 0 Å². The van der Waals surface area contributed by atoms with Crippen LogP contribution < -0.4 is 40.2 Å². The normalized spacial score (nSPS) is 17.4. The van der Waals surface area contributed by atoms with Crippen molar-refractivity contribution in [2.24, 2.45) is 10.8 Å². The first-order chi connectivity index (χ1) is 67.5. The van der Waals surface area contributed by atoms with Crippen molar-refractivity contribution in [2.75, 3.05) is 10.6 Å². The monoisotopic (exact) mass is 1990 g/mol. The summed E-state index contributed by atoms with van der Waals surface area (Å²) in [5.41, 5.74) is 6.69. The number of tetrazole rings is 2. The molecule has 6 heterocycles. The number of alkyl halides is 2. The Morgan fingerprint density at radius 2 is 0.823 bits per heavy atom. The predicted octanol–water partition coefficient (Wildman–Crippen LogP) is 18.2. The molecule has 6 aromatic heterocycles. The minimum absolute atomic E-state index is 0.0267. The van der Waals surface area contributed by atoms with Gasteiger partial charge in [0.05, 0.1) is 32.9 Å². The molecule has 37 heteroatoms. The molecule has 8 aromatic carbocycles. The first kappa shape index (κ1) is 100. The van der Waals surface area contributed by atoms with Crippen LogP contribution in [0.4, 0.5) is 28.9 Å². The number of carbonyl (C=O) groups excluding carboxylic acids is 7. The molecule has 6 aliphatic carbocycles. The number of aliphatic carboxylic acids is 1. The summed E-state index contributed by atoms with van der Waals surface area (Å²) in [6, 6.07) is 61.0. The molecule has 0 spiro atoms. The van der Waals surface area contributed by atoms with Gasteiger partial charge in [0.1, 0.15) is 48.9 Å². The number of nitrogens with one attached hydrogen (secondary N) is 4. The number of hydrogen-bond acceptors (Lipinski definition) is 18. The van der Waals surface area contributed by atoms with Crippen LogP contribution in [0.15, 0.2) is 262 Å². The van der Waals surface area contributed by atoms with Gasteiger partial charge in [-0.2, -0.15) is 28.3 Å². The van der Waals surface area contributed by atoms with Gasteiger partial charge in [0.25, 0.3) is 6.43 Å². The maximum Gasteiger partial charge on any atom is 0.309 e. The van der Waals surface area contributed by atoms with Gasteiger partial charge in [-0.15, -0.1) is 10.2 Å². The number of carbonyl (C=O) groups is 8. The number of ketones is 3. The van der Waals surface area contributed by atoms with Gasteiger partial charge in [0.2, 0.25) is 46.4 Å². The molecule has 5 N–H and O–H groups in total. The highest BCUT2D eigenvalue weighted by Gasteiger charge is 2.55. The summed E-state index contributed by atoms with van der Waals surface area (Å²) >= 11 is 24.2. The fourth-order valence-corrected chi connectivity index (χ4v) is 19.3. The average molecular weight is 1990 g/mol. The van der Waals surface area contributed by atoms with Crippen molar-refractivity contribution in [3.63, 3.8) is 0 Å². The van der Waals surface area contributed by atoms with Crippen molar-refractivity contribution >= 4 is 105 Å². The van der Waals surface area contributed by atoms with Gasteiger partial charge in [-0.1, -0.05) is 113 Å². The number of pyridine rings is 4. The van der Waals surface area contributed by atoms with Crippen LogP contribution >= 0.6 is 46.4 Å². The Morgan fingerprint density at radius 3 is 1.21 bits per heavy atom. The van der Waals surface area contributed by atoms with E-state index >= 15 is 0 Å². The molecule has 6 aliphatic rings. The number of benzene rings is 8. The van der Waals surface area contributed by atoms with Crippen molar-refractivity contribution in [3.8, 4) is 55.9 Å². The highest BCUT2D eigenvalue weighted by molar-refractivity contribution is 6.32. The second-order valence-electron chi connectivity index (χ2n) is 35.6. The van der Waals surface area contributed by atoms with Crippen molar-refractivity contribution < 1.29 is 79.9 Å². The zero-order valence-corrected chi connectivity index (χ0v) is 79.1. The van der Waals surface area contributed by atoms with E-state index in [0.29, 0.717) is 131 Å². The summed E-state index contributed by atoms with van der Waals surface area (Å²) in [5.74, 6) is -5.31. The molecule has 4 bridgehead atoms. The van der Waals surface area contributed by atoms with Gasteiger partial charge in [0.15, 0.2) is 42.2 Å². The smallest absolute Gasteiger partial charge is 0.309 e. The number of Topliss-reactive ketones (excluding diaryl/α,β-unsaturated/α-hetero) is 3. The lowest BCUT2D eigenvalue weighted by molar-refractivity contribution is -0.614. The third-order valence-electron chi connectivity index (χ3n) is 26.7. The van der Waals surface area contributed by atoms with Gasteiger partial charge < -0.3 is 47.2 Å². The van der Waals surface area contributed by atoms with Gasteiger partial charge in [-0.05, 0) is 282 Å².